The highest BCUT2D eigenvalue weighted by Crippen LogP contribution is 2.31. The minimum absolute atomic E-state index is 0.143. The minimum Gasteiger partial charge on any atom is -0.380 e. The molecule has 0 amide bonds. The number of hydrogen-bond acceptors (Lipinski definition) is 5. The lowest BCUT2D eigenvalue weighted by Gasteiger charge is -2.33. The van der Waals surface area contributed by atoms with E-state index in [1.165, 1.54) is 73.9 Å². The Balaban J connectivity index is 0.000000386. The van der Waals surface area contributed by atoms with Crippen LogP contribution in [0.2, 0.25) is 0 Å². The van der Waals surface area contributed by atoms with Crippen molar-refractivity contribution >= 4 is 0 Å². The summed E-state index contributed by atoms with van der Waals surface area (Å²) in [5, 5.41) is 11.1. The minimum atomic E-state index is 0.143. The summed E-state index contributed by atoms with van der Waals surface area (Å²) in [4.78, 5) is 0. The van der Waals surface area contributed by atoms with Crippen molar-refractivity contribution in [2.45, 2.75) is 169 Å². The van der Waals surface area contributed by atoms with E-state index in [2.05, 4.69) is 193 Å². The van der Waals surface area contributed by atoms with Crippen LogP contribution < -0.4 is 16.0 Å². The van der Waals surface area contributed by atoms with Gasteiger partial charge in [-0.3, -0.25) is 5.32 Å². The highest BCUT2D eigenvalue weighted by atomic mass is 16.5. The third kappa shape index (κ3) is 21.5. The van der Waals surface area contributed by atoms with Gasteiger partial charge in [0, 0.05) is 38.3 Å². The molecule has 5 nitrogen and oxygen atoms in total. The molecule has 4 aromatic rings. The molecule has 0 aromatic heterocycles. The lowest BCUT2D eigenvalue weighted by atomic mass is 9.84. The van der Waals surface area contributed by atoms with Gasteiger partial charge in [0.15, 0.2) is 0 Å². The monoisotopic (exact) mass is 836 g/mol. The normalized spacial score (nSPS) is 15.1. The van der Waals surface area contributed by atoms with Crippen LogP contribution in [0, 0.1) is 11.8 Å². The third-order valence-electron chi connectivity index (χ3n) is 12.1. The molecule has 0 radical (unpaired) electrons. The first-order valence-corrected chi connectivity index (χ1v) is 24.3. The Morgan fingerprint density at radius 1 is 0.508 bits per heavy atom. The standard InChI is InChI=1S/C32H35N.C16H35NO2.C8H19N/c1-25(23-27-15-7-3-8-16-27)32(30-21-13-6-14-22-30)33-26(2)31(29-19-11-5-12-20-29)24-28-17-9-4-10-18-28;1-7-11-13(9-3)16(19-6)17-14(10-4)15(18-5)12-8-2;1-3-5-7-9-8-6-4-2/h3-22,25-26,31-33H,23-24H2,1-2H3;13-17H,7-12H2,1-6H3;9H,3-8H2,1-2H3. The summed E-state index contributed by atoms with van der Waals surface area (Å²) in [7, 11) is 3.63. The highest BCUT2D eigenvalue weighted by Gasteiger charge is 2.28. The number of benzene rings is 4. The van der Waals surface area contributed by atoms with Crippen molar-refractivity contribution in [3.05, 3.63) is 144 Å². The average molecular weight is 836 g/mol. The Labute approximate surface area is 375 Å². The van der Waals surface area contributed by atoms with Crippen molar-refractivity contribution < 1.29 is 9.47 Å². The summed E-state index contributed by atoms with van der Waals surface area (Å²) < 4.78 is 11.3. The number of unbranched alkanes of at least 4 members (excludes halogenated alkanes) is 2. The van der Waals surface area contributed by atoms with E-state index < -0.39 is 0 Å². The fourth-order valence-corrected chi connectivity index (χ4v) is 8.44. The van der Waals surface area contributed by atoms with Crippen LogP contribution >= 0.6 is 0 Å². The molecule has 0 aliphatic carbocycles. The van der Waals surface area contributed by atoms with Crippen LogP contribution in [0.15, 0.2) is 121 Å². The lowest BCUT2D eigenvalue weighted by Crippen LogP contribution is -2.49. The van der Waals surface area contributed by atoms with Gasteiger partial charge in [0.2, 0.25) is 0 Å². The van der Waals surface area contributed by atoms with Gasteiger partial charge in [-0.2, -0.15) is 0 Å². The van der Waals surface area contributed by atoms with E-state index in [1.807, 2.05) is 14.2 Å². The number of hydrogen-bond donors (Lipinski definition) is 3. The molecule has 0 aliphatic heterocycles. The fourth-order valence-electron chi connectivity index (χ4n) is 8.44. The van der Waals surface area contributed by atoms with Crippen molar-refractivity contribution in [3.8, 4) is 0 Å². The summed E-state index contributed by atoms with van der Waals surface area (Å²) in [5.74, 6) is 1.44. The predicted octanol–water partition coefficient (Wildman–Crippen LogP) is 13.8. The van der Waals surface area contributed by atoms with Crippen LogP contribution in [0.4, 0.5) is 0 Å². The van der Waals surface area contributed by atoms with Gasteiger partial charge >= 0.3 is 0 Å². The maximum atomic E-state index is 5.69. The van der Waals surface area contributed by atoms with Gasteiger partial charge in [-0.1, -0.05) is 195 Å². The molecule has 3 N–H and O–H groups in total. The SMILES string of the molecule is CC(Cc1ccccc1)C(NC(C)C(Cc1ccccc1)c1ccccc1)c1ccccc1.CCCC(CC)C(NC(CC)C(CCC)OC)OC.CCCCNCCCC. The van der Waals surface area contributed by atoms with Crippen LogP contribution in [0.1, 0.15) is 154 Å². The molecule has 61 heavy (non-hydrogen) atoms. The number of nitrogens with one attached hydrogen (secondary N) is 3. The van der Waals surface area contributed by atoms with Crippen LogP contribution in [0.5, 0.6) is 0 Å². The van der Waals surface area contributed by atoms with Gasteiger partial charge in [-0.15, -0.1) is 0 Å². The average Bonchev–Trinajstić information content (AvgIpc) is 3.30. The summed E-state index contributed by atoms with van der Waals surface area (Å²) in [6.45, 7) is 20.5. The Bertz CT molecular complexity index is 1510. The first-order chi connectivity index (χ1) is 29.8. The van der Waals surface area contributed by atoms with Crippen LogP contribution in [-0.2, 0) is 22.3 Å². The van der Waals surface area contributed by atoms with Crippen molar-refractivity contribution in [2.24, 2.45) is 11.8 Å². The smallest absolute Gasteiger partial charge is 0.110 e. The molecule has 8 atom stereocenters. The highest BCUT2D eigenvalue weighted by molar-refractivity contribution is 5.27. The Hall–Kier alpha value is -3.32. The molecule has 0 fully saturated rings. The Morgan fingerprint density at radius 2 is 1.00 bits per heavy atom. The largest absolute Gasteiger partial charge is 0.380 e. The molecular weight excluding hydrogens is 747 g/mol. The quantitative estimate of drug-likeness (QED) is 0.0393. The molecular formula is C56H89N3O2. The maximum absolute atomic E-state index is 5.69. The molecule has 0 spiro atoms. The Morgan fingerprint density at radius 3 is 1.44 bits per heavy atom. The Kier molecular flexibility index (Phi) is 30.2. The van der Waals surface area contributed by atoms with Gasteiger partial charge in [-0.25, -0.2) is 0 Å². The van der Waals surface area contributed by atoms with Crippen molar-refractivity contribution in [1.82, 2.24) is 16.0 Å². The van der Waals surface area contributed by atoms with Crippen molar-refractivity contribution in [2.75, 3.05) is 27.3 Å². The van der Waals surface area contributed by atoms with E-state index in [0.29, 0.717) is 29.8 Å². The van der Waals surface area contributed by atoms with E-state index in [9.17, 15) is 0 Å². The molecule has 8 unspecified atom stereocenters. The molecule has 0 aliphatic rings. The molecule has 0 saturated carbocycles. The number of ether oxygens (including phenoxy) is 2. The van der Waals surface area contributed by atoms with Crippen LogP contribution in [-0.4, -0.2) is 51.7 Å². The number of rotatable bonds is 28. The van der Waals surface area contributed by atoms with Gasteiger partial charge < -0.3 is 20.1 Å². The zero-order chi connectivity index (χ0) is 44.5. The zero-order valence-corrected chi connectivity index (χ0v) is 40.4. The summed E-state index contributed by atoms with van der Waals surface area (Å²) in [5.41, 5.74) is 5.53. The maximum Gasteiger partial charge on any atom is 0.110 e. The van der Waals surface area contributed by atoms with Gasteiger partial charge in [0.05, 0.1) is 6.10 Å². The van der Waals surface area contributed by atoms with E-state index in [-0.39, 0.29) is 18.4 Å². The van der Waals surface area contributed by atoms with Crippen molar-refractivity contribution in [1.29, 1.82) is 0 Å². The molecule has 5 heteroatoms. The van der Waals surface area contributed by atoms with Crippen LogP contribution in [0.3, 0.4) is 0 Å². The van der Waals surface area contributed by atoms with Gasteiger partial charge in [-0.05, 0) is 105 Å². The summed E-state index contributed by atoms with van der Waals surface area (Å²) in [6.07, 6.45) is 14.7. The molecule has 4 rings (SSSR count). The molecule has 0 saturated heterocycles. The van der Waals surface area contributed by atoms with E-state index in [4.69, 9.17) is 9.47 Å². The second kappa shape index (κ2) is 34.2. The van der Waals surface area contributed by atoms with E-state index >= 15 is 0 Å². The third-order valence-corrected chi connectivity index (χ3v) is 12.1. The van der Waals surface area contributed by atoms with Gasteiger partial charge in [0.25, 0.3) is 0 Å². The topological polar surface area (TPSA) is 54.5 Å². The van der Waals surface area contributed by atoms with E-state index in [1.54, 1.807) is 0 Å². The molecule has 0 bridgehead atoms. The number of methoxy groups -OCH3 is 2. The first-order valence-electron chi connectivity index (χ1n) is 24.3. The van der Waals surface area contributed by atoms with Crippen LogP contribution in [0.25, 0.3) is 0 Å². The zero-order valence-electron chi connectivity index (χ0n) is 40.4. The van der Waals surface area contributed by atoms with E-state index in [0.717, 1.165) is 38.5 Å². The molecule has 340 valence electrons. The van der Waals surface area contributed by atoms with Crippen molar-refractivity contribution in [3.63, 3.8) is 0 Å². The summed E-state index contributed by atoms with van der Waals surface area (Å²) >= 11 is 0. The molecule has 4 aromatic carbocycles. The lowest BCUT2D eigenvalue weighted by molar-refractivity contribution is -0.0188. The molecule has 0 heterocycles. The summed E-state index contributed by atoms with van der Waals surface area (Å²) in [6, 6.07) is 44.6. The second-order valence-corrected chi connectivity index (χ2v) is 17.0. The predicted molar refractivity (Wildman–Crippen MR) is 266 cm³/mol. The first kappa shape index (κ1) is 53.8. The fraction of sp³-hybridized carbons (Fsp3) is 0.571. The van der Waals surface area contributed by atoms with Gasteiger partial charge in [0.1, 0.15) is 6.23 Å². The second-order valence-electron chi connectivity index (χ2n) is 17.0.